The van der Waals surface area contributed by atoms with E-state index in [9.17, 15) is 8.78 Å². The van der Waals surface area contributed by atoms with Crippen molar-refractivity contribution in [2.45, 2.75) is 31.4 Å². The van der Waals surface area contributed by atoms with Gasteiger partial charge in [0, 0.05) is 5.54 Å². The van der Waals surface area contributed by atoms with E-state index < -0.39 is 6.61 Å². The Kier molecular flexibility index (Phi) is 2.61. The van der Waals surface area contributed by atoms with Gasteiger partial charge in [-0.2, -0.15) is 8.78 Å². The third-order valence-corrected chi connectivity index (χ3v) is 2.88. The highest BCUT2D eigenvalue weighted by Crippen LogP contribution is 2.39. The van der Waals surface area contributed by atoms with Crippen LogP contribution in [0.2, 0.25) is 0 Å². The maximum atomic E-state index is 12.0. The minimum atomic E-state index is -2.78. The molecule has 1 fully saturated rings. The first-order valence-corrected chi connectivity index (χ1v) is 4.94. The average Bonchev–Trinajstić information content (AvgIpc) is 2.13. The van der Waals surface area contributed by atoms with Gasteiger partial charge < -0.3 is 10.5 Å². The molecule has 4 heteroatoms. The molecular formula is C11H13F2NO. The molecule has 0 atom stereocenters. The first-order chi connectivity index (χ1) is 7.10. The number of hydrogen-bond donors (Lipinski definition) is 1. The first kappa shape index (κ1) is 10.4. The summed E-state index contributed by atoms with van der Waals surface area (Å²) >= 11 is 0. The summed E-state index contributed by atoms with van der Waals surface area (Å²) in [7, 11) is 0. The molecule has 2 N–H and O–H groups in total. The highest BCUT2D eigenvalue weighted by Gasteiger charge is 2.34. The van der Waals surface area contributed by atoms with Crippen LogP contribution in [0.5, 0.6) is 5.75 Å². The zero-order valence-corrected chi connectivity index (χ0v) is 8.25. The van der Waals surface area contributed by atoms with Gasteiger partial charge in [-0.1, -0.05) is 12.1 Å². The number of benzene rings is 1. The van der Waals surface area contributed by atoms with E-state index >= 15 is 0 Å². The van der Waals surface area contributed by atoms with E-state index in [1.807, 2.05) is 6.07 Å². The Morgan fingerprint density at radius 2 is 2.07 bits per heavy atom. The largest absolute Gasteiger partial charge is 0.435 e. The van der Waals surface area contributed by atoms with E-state index in [2.05, 4.69) is 4.74 Å². The van der Waals surface area contributed by atoms with Crippen molar-refractivity contribution in [3.8, 4) is 5.75 Å². The fraction of sp³-hybridized carbons (Fsp3) is 0.455. The molecule has 0 aliphatic heterocycles. The molecule has 1 aromatic carbocycles. The molecule has 0 radical (unpaired) electrons. The summed E-state index contributed by atoms with van der Waals surface area (Å²) in [6.07, 6.45) is 2.91. The number of hydrogen-bond acceptors (Lipinski definition) is 2. The normalized spacial score (nSPS) is 18.7. The van der Waals surface area contributed by atoms with E-state index in [1.54, 1.807) is 12.1 Å². The topological polar surface area (TPSA) is 35.2 Å². The van der Waals surface area contributed by atoms with Gasteiger partial charge in [-0.25, -0.2) is 0 Å². The molecule has 2 nitrogen and oxygen atoms in total. The van der Waals surface area contributed by atoms with Gasteiger partial charge >= 0.3 is 6.61 Å². The molecule has 0 amide bonds. The minimum absolute atomic E-state index is 0.180. The lowest BCUT2D eigenvalue weighted by Gasteiger charge is -2.38. The Bertz CT molecular complexity index is 350. The molecule has 1 saturated carbocycles. The molecule has 0 saturated heterocycles. The molecule has 0 spiro atoms. The number of rotatable bonds is 3. The van der Waals surface area contributed by atoms with E-state index in [4.69, 9.17) is 5.73 Å². The SMILES string of the molecule is NC1(c2cccc(OC(F)F)c2)CCC1. The molecule has 1 aromatic rings. The van der Waals surface area contributed by atoms with Crippen LogP contribution in [-0.2, 0) is 5.54 Å². The third kappa shape index (κ3) is 2.09. The Balaban J connectivity index is 2.19. The monoisotopic (exact) mass is 213 g/mol. The predicted molar refractivity (Wildman–Crippen MR) is 52.8 cm³/mol. The van der Waals surface area contributed by atoms with Gasteiger partial charge in [0.1, 0.15) is 5.75 Å². The van der Waals surface area contributed by atoms with Crippen LogP contribution in [0, 0.1) is 0 Å². The second kappa shape index (κ2) is 3.77. The minimum Gasteiger partial charge on any atom is -0.435 e. The van der Waals surface area contributed by atoms with Crippen molar-refractivity contribution < 1.29 is 13.5 Å². The van der Waals surface area contributed by atoms with Crippen molar-refractivity contribution in [1.29, 1.82) is 0 Å². The lowest BCUT2D eigenvalue weighted by atomic mass is 9.73. The van der Waals surface area contributed by atoms with Gasteiger partial charge in [-0.05, 0) is 37.0 Å². The van der Waals surface area contributed by atoms with Gasteiger partial charge in [0.25, 0.3) is 0 Å². The molecule has 0 heterocycles. The van der Waals surface area contributed by atoms with Gasteiger partial charge in [-0.3, -0.25) is 0 Å². The molecule has 2 rings (SSSR count). The molecule has 15 heavy (non-hydrogen) atoms. The Labute approximate surface area is 87.0 Å². The molecule has 82 valence electrons. The standard InChI is InChI=1S/C11H13F2NO/c12-10(13)15-9-4-1-3-8(7-9)11(14)5-2-6-11/h1,3-4,7,10H,2,5-6,14H2. The zero-order chi connectivity index (χ0) is 10.9. The van der Waals surface area contributed by atoms with Crippen molar-refractivity contribution in [2.75, 3.05) is 0 Å². The first-order valence-electron chi connectivity index (χ1n) is 4.94. The lowest BCUT2D eigenvalue weighted by molar-refractivity contribution is -0.0499. The number of ether oxygens (including phenoxy) is 1. The van der Waals surface area contributed by atoms with Crippen LogP contribution in [0.3, 0.4) is 0 Å². The lowest BCUT2D eigenvalue weighted by Crippen LogP contribution is -2.43. The van der Waals surface area contributed by atoms with Crippen molar-refractivity contribution >= 4 is 0 Å². The van der Waals surface area contributed by atoms with Crippen LogP contribution < -0.4 is 10.5 Å². The van der Waals surface area contributed by atoms with E-state index in [1.165, 1.54) is 6.07 Å². The van der Waals surface area contributed by atoms with Gasteiger partial charge in [-0.15, -0.1) is 0 Å². The maximum absolute atomic E-state index is 12.0. The summed E-state index contributed by atoms with van der Waals surface area (Å²) in [6, 6.07) is 6.67. The van der Waals surface area contributed by atoms with Gasteiger partial charge in [0.15, 0.2) is 0 Å². The quantitative estimate of drug-likeness (QED) is 0.837. The maximum Gasteiger partial charge on any atom is 0.387 e. The fourth-order valence-corrected chi connectivity index (χ4v) is 1.83. The Hall–Kier alpha value is -1.16. The highest BCUT2D eigenvalue weighted by atomic mass is 19.3. The van der Waals surface area contributed by atoms with Crippen molar-refractivity contribution in [3.05, 3.63) is 29.8 Å². The van der Waals surface area contributed by atoms with E-state index in [0.29, 0.717) is 0 Å². The molecule has 1 aliphatic rings. The summed E-state index contributed by atoms with van der Waals surface area (Å²) in [5, 5.41) is 0. The van der Waals surface area contributed by atoms with Crippen LogP contribution >= 0.6 is 0 Å². The van der Waals surface area contributed by atoms with Gasteiger partial charge in [0.2, 0.25) is 0 Å². The molecule has 0 aromatic heterocycles. The Morgan fingerprint density at radius 3 is 2.60 bits per heavy atom. The molecular weight excluding hydrogens is 200 g/mol. The van der Waals surface area contributed by atoms with Crippen LogP contribution in [0.15, 0.2) is 24.3 Å². The second-order valence-electron chi connectivity index (χ2n) is 3.92. The summed E-state index contributed by atoms with van der Waals surface area (Å²) < 4.78 is 28.3. The molecule has 1 aliphatic carbocycles. The summed E-state index contributed by atoms with van der Waals surface area (Å²) in [5.41, 5.74) is 6.63. The number of alkyl halides is 2. The highest BCUT2D eigenvalue weighted by molar-refractivity contribution is 5.34. The summed E-state index contributed by atoms with van der Waals surface area (Å²) in [5.74, 6) is 0.180. The summed E-state index contributed by atoms with van der Waals surface area (Å²) in [6.45, 7) is -2.78. The van der Waals surface area contributed by atoms with Crippen molar-refractivity contribution in [3.63, 3.8) is 0 Å². The van der Waals surface area contributed by atoms with Crippen LogP contribution in [0.25, 0.3) is 0 Å². The molecule has 0 bridgehead atoms. The zero-order valence-electron chi connectivity index (χ0n) is 8.25. The Morgan fingerprint density at radius 1 is 1.33 bits per heavy atom. The number of halogens is 2. The average molecular weight is 213 g/mol. The fourth-order valence-electron chi connectivity index (χ4n) is 1.83. The summed E-state index contributed by atoms with van der Waals surface area (Å²) in [4.78, 5) is 0. The third-order valence-electron chi connectivity index (χ3n) is 2.88. The van der Waals surface area contributed by atoms with Gasteiger partial charge in [0.05, 0.1) is 0 Å². The number of nitrogens with two attached hydrogens (primary N) is 1. The van der Waals surface area contributed by atoms with Crippen molar-refractivity contribution in [2.24, 2.45) is 5.73 Å². The van der Waals surface area contributed by atoms with E-state index in [-0.39, 0.29) is 11.3 Å². The van der Waals surface area contributed by atoms with Crippen LogP contribution in [-0.4, -0.2) is 6.61 Å². The van der Waals surface area contributed by atoms with Crippen LogP contribution in [0.1, 0.15) is 24.8 Å². The van der Waals surface area contributed by atoms with Crippen molar-refractivity contribution in [1.82, 2.24) is 0 Å². The predicted octanol–water partition coefficient (Wildman–Crippen LogP) is 2.63. The van der Waals surface area contributed by atoms with Crippen LogP contribution in [0.4, 0.5) is 8.78 Å². The smallest absolute Gasteiger partial charge is 0.387 e. The van der Waals surface area contributed by atoms with E-state index in [0.717, 1.165) is 24.8 Å². The second-order valence-corrected chi connectivity index (χ2v) is 3.92. The molecule has 0 unspecified atom stereocenters.